The third kappa shape index (κ3) is 3.49. The largest absolute Gasteiger partial charge is 0.477 e. The number of aromatic nitrogens is 1. The van der Waals surface area contributed by atoms with Gasteiger partial charge in [0.15, 0.2) is 0 Å². The number of carboxylic acids is 1. The number of hydrogen-bond acceptors (Lipinski definition) is 4. The van der Waals surface area contributed by atoms with Crippen LogP contribution in [-0.4, -0.2) is 34.4 Å². The van der Waals surface area contributed by atoms with Gasteiger partial charge >= 0.3 is 5.97 Å². The summed E-state index contributed by atoms with van der Waals surface area (Å²) in [5, 5.41) is 17.4. The molecule has 82 valence electrons. The number of ether oxygens (including phenoxy) is 1. The highest BCUT2D eigenvalue weighted by Gasteiger charge is 2.13. The van der Waals surface area contributed by atoms with Gasteiger partial charge in [-0.2, -0.15) is 0 Å². The standard InChI is InChI=1S/C9H10BrNO4/c10-6-4-7(9(13)14)8(11-5-6)15-3-1-2-12/h4-5,12H,1-3H2,(H,13,14). The van der Waals surface area contributed by atoms with Crippen LogP contribution in [0.1, 0.15) is 16.8 Å². The first kappa shape index (κ1) is 11.9. The molecule has 1 rings (SSSR count). The number of aliphatic hydroxyl groups is 1. The van der Waals surface area contributed by atoms with E-state index in [-0.39, 0.29) is 24.7 Å². The van der Waals surface area contributed by atoms with E-state index in [1.807, 2.05) is 0 Å². The minimum absolute atomic E-state index is 0.00106. The Morgan fingerprint density at radius 1 is 1.60 bits per heavy atom. The van der Waals surface area contributed by atoms with Gasteiger partial charge in [-0.3, -0.25) is 0 Å². The monoisotopic (exact) mass is 275 g/mol. The summed E-state index contributed by atoms with van der Waals surface area (Å²) in [6, 6.07) is 1.42. The maximum absolute atomic E-state index is 10.8. The maximum Gasteiger partial charge on any atom is 0.341 e. The van der Waals surface area contributed by atoms with E-state index in [1.54, 1.807) is 0 Å². The highest BCUT2D eigenvalue weighted by Crippen LogP contribution is 2.19. The van der Waals surface area contributed by atoms with E-state index in [1.165, 1.54) is 12.3 Å². The predicted molar refractivity (Wildman–Crippen MR) is 56.1 cm³/mol. The molecule has 0 aliphatic carbocycles. The van der Waals surface area contributed by atoms with E-state index in [0.717, 1.165) is 0 Å². The van der Waals surface area contributed by atoms with Crippen LogP contribution in [0, 0.1) is 0 Å². The molecule has 0 radical (unpaired) electrons. The highest BCUT2D eigenvalue weighted by molar-refractivity contribution is 9.10. The molecule has 0 aromatic carbocycles. The van der Waals surface area contributed by atoms with Gasteiger partial charge in [0, 0.05) is 23.7 Å². The van der Waals surface area contributed by atoms with Crippen molar-refractivity contribution in [1.29, 1.82) is 0 Å². The van der Waals surface area contributed by atoms with Crippen molar-refractivity contribution in [3.63, 3.8) is 0 Å². The van der Waals surface area contributed by atoms with Crippen molar-refractivity contribution in [1.82, 2.24) is 4.98 Å². The first-order valence-corrected chi connectivity index (χ1v) is 5.07. The van der Waals surface area contributed by atoms with E-state index < -0.39 is 5.97 Å². The lowest BCUT2D eigenvalue weighted by Crippen LogP contribution is -2.07. The quantitative estimate of drug-likeness (QED) is 0.792. The van der Waals surface area contributed by atoms with E-state index >= 15 is 0 Å². The van der Waals surface area contributed by atoms with Gasteiger partial charge in [0.1, 0.15) is 5.56 Å². The third-order valence-corrected chi connectivity index (χ3v) is 2.02. The molecule has 0 amide bonds. The summed E-state index contributed by atoms with van der Waals surface area (Å²) in [7, 11) is 0. The van der Waals surface area contributed by atoms with Crippen molar-refractivity contribution in [3.05, 3.63) is 22.3 Å². The second-order valence-electron chi connectivity index (χ2n) is 2.74. The van der Waals surface area contributed by atoms with Crippen LogP contribution >= 0.6 is 15.9 Å². The van der Waals surface area contributed by atoms with Gasteiger partial charge in [-0.25, -0.2) is 9.78 Å². The number of rotatable bonds is 5. The smallest absolute Gasteiger partial charge is 0.341 e. The fraction of sp³-hybridized carbons (Fsp3) is 0.333. The average molecular weight is 276 g/mol. The topological polar surface area (TPSA) is 79.7 Å². The molecule has 1 aromatic heterocycles. The van der Waals surface area contributed by atoms with Crippen molar-refractivity contribution < 1.29 is 19.7 Å². The molecule has 0 aliphatic heterocycles. The summed E-state index contributed by atoms with van der Waals surface area (Å²) < 4.78 is 5.70. The maximum atomic E-state index is 10.8. The SMILES string of the molecule is O=C(O)c1cc(Br)cnc1OCCCO. The number of aliphatic hydroxyl groups excluding tert-OH is 1. The summed E-state index contributed by atoms with van der Waals surface area (Å²) in [6.45, 7) is 0.240. The van der Waals surface area contributed by atoms with Crippen LogP contribution in [0.5, 0.6) is 5.88 Å². The zero-order valence-electron chi connectivity index (χ0n) is 7.81. The van der Waals surface area contributed by atoms with E-state index in [9.17, 15) is 4.79 Å². The van der Waals surface area contributed by atoms with Crippen molar-refractivity contribution in [3.8, 4) is 5.88 Å². The molecule has 0 bridgehead atoms. The van der Waals surface area contributed by atoms with Gasteiger partial charge in [-0.1, -0.05) is 0 Å². The summed E-state index contributed by atoms with van der Waals surface area (Å²) in [4.78, 5) is 14.7. The molecule has 1 aromatic rings. The van der Waals surface area contributed by atoms with Gasteiger partial charge in [0.2, 0.25) is 5.88 Å². The summed E-state index contributed by atoms with van der Waals surface area (Å²) >= 11 is 3.13. The number of carboxylic acid groups (broad SMARTS) is 1. The molecular weight excluding hydrogens is 266 g/mol. The normalized spacial score (nSPS) is 10.0. The molecular formula is C9H10BrNO4. The molecule has 6 heteroatoms. The molecule has 1 heterocycles. The number of carbonyl (C=O) groups is 1. The van der Waals surface area contributed by atoms with Crippen molar-refractivity contribution in [2.24, 2.45) is 0 Å². The van der Waals surface area contributed by atoms with Crippen LogP contribution in [0.4, 0.5) is 0 Å². The Morgan fingerprint density at radius 2 is 2.33 bits per heavy atom. The number of nitrogens with zero attached hydrogens (tertiary/aromatic N) is 1. The number of aromatic carboxylic acids is 1. The Balaban J connectivity index is 2.81. The minimum Gasteiger partial charge on any atom is -0.477 e. The number of pyridine rings is 1. The molecule has 0 saturated carbocycles. The predicted octanol–water partition coefficient (Wildman–Crippen LogP) is 1.30. The van der Waals surface area contributed by atoms with E-state index in [4.69, 9.17) is 14.9 Å². The molecule has 15 heavy (non-hydrogen) atoms. The third-order valence-electron chi connectivity index (χ3n) is 1.59. The zero-order valence-corrected chi connectivity index (χ0v) is 9.40. The Morgan fingerprint density at radius 3 is 2.93 bits per heavy atom. The fourth-order valence-electron chi connectivity index (χ4n) is 0.928. The van der Waals surface area contributed by atoms with Gasteiger partial charge in [-0.05, 0) is 22.0 Å². The van der Waals surface area contributed by atoms with Crippen LogP contribution in [0.2, 0.25) is 0 Å². The molecule has 2 N–H and O–H groups in total. The molecule has 0 unspecified atom stereocenters. The fourth-order valence-corrected chi connectivity index (χ4v) is 1.26. The molecule has 0 spiro atoms. The molecule has 0 aliphatic rings. The summed E-state index contributed by atoms with van der Waals surface area (Å²) in [5.41, 5.74) is 0.00214. The minimum atomic E-state index is -1.09. The van der Waals surface area contributed by atoms with Crippen LogP contribution in [0.25, 0.3) is 0 Å². The highest BCUT2D eigenvalue weighted by atomic mass is 79.9. The first-order chi connectivity index (χ1) is 7.15. The van der Waals surface area contributed by atoms with E-state index in [2.05, 4.69) is 20.9 Å². The zero-order chi connectivity index (χ0) is 11.3. The molecule has 0 fully saturated rings. The Kier molecular flexibility index (Phi) is 4.51. The van der Waals surface area contributed by atoms with Gasteiger partial charge < -0.3 is 14.9 Å². The van der Waals surface area contributed by atoms with E-state index in [0.29, 0.717) is 10.9 Å². The van der Waals surface area contributed by atoms with Crippen LogP contribution < -0.4 is 4.74 Å². The second-order valence-corrected chi connectivity index (χ2v) is 3.65. The van der Waals surface area contributed by atoms with Crippen LogP contribution in [0.3, 0.4) is 0 Å². The second kappa shape index (κ2) is 5.67. The van der Waals surface area contributed by atoms with Gasteiger partial charge in [0.25, 0.3) is 0 Å². The Labute approximate surface area is 94.8 Å². The summed E-state index contributed by atoms with van der Waals surface area (Å²) in [6.07, 6.45) is 1.90. The van der Waals surface area contributed by atoms with Crippen molar-refractivity contribution in [2.45, 2.75) is 6.42 Å². The van der Waals surface area contributed by atoms with Crippen molar-refractivity contribution >= 4 is 21.9 Å². The average Bonchev–Trinajstić information content (AvgIpc) is 2.20. The van der Waals surface area contributed by atoms with Gasteiger partial charge in [-0.15, -0.1) is 0 Å². The lowest BCUT2D eigenvalue weighted by atomic mass is 10.3. The molecule has 5 nitrogen and oxygen atoms in total. The van der Waals surface area contributed by atoms with Crippen LogP contribution in [-0.2, 0) is 0 Å². The molecule has 0 saturated heterocycles. The number of halogens is 1. The summed E-state index contributed by atoms with van der Waals surface area (Å²) in [5.74, 6) is -1.03. The Bertz CT molecular complexity index is 356. The Hall–Kier alpha value is -1.14. The lowest BCUT2D eigenvalue weighted by Gasteiger charge is -2.06. The van der Waals surface area contributed by atoms with Crippen molar-refractivity contribution in [2.75, 3.05) is 13.2 Å². The lowest BCUT2D eigenvalue weighted by molar-refractivity contribution is 0.0691. The van der Waals surface area contributed by atoms with Crippen LogP contribution in [0.15, 0.2) is 16.7 Å². The van der Waals surface area contributed by atoms with Gasteiger partial charge in [0.05, 0.1) is 6.61 Å². The number of hydrogen-bond donors (Lipinski definition) is 2. The first-order valence-electron chi connectivity index (χ1n) is 4.27. The molecule has 0 atom stereocenters.